The lowest BCUT2D eigenvalue weighted by Gasteiger charge is -2.33. The van der Waals surface area contributed by atoms with E-state index in [9.17, 15) is 13.6 Å². The van der Waals surface area contributed by atoms with Crippen molar-refractivity contribution in [2.45, 2.75) is 25.7 Å². The van der Waals surface area contributed by atoms with E-state index in [2.05, 4.69) is 19.9 Å². The second-order valence-corrected chi connectivity index (χ2v) is 6.95. The van der Waals surface area contributed by atoms with Crippen LogP contribution in [0, 0.1) is 18.6 Å². The number of carbonyl (C=O) groups excluding carboxylic acids is 1. The van der Waals surface area contributed by atoms with Gasteiger partial charge in [-0.05, 0) is 31.9 Å². The molecule has 8 heteroatoms. The average molecular weight is 383 g/mol. The number of amides is 1. The largest absolute Gasteiger partial charge is 0.341 e. The number of piperidine rings is 1. The van der Waals surface area contributed by atoms with Gasteiger partial charge in [-0.1, -0.05) is 0 Å². The van der Waals surface area contributed by atoms with E-state index in [0.717, 1.165) is 42.4 Å². The Morgan fingerprint density at radius 3 is 2.61 bits per heavy atom. The van der Waals surface area contributed by atoms with Gasteiger partial charge in [0.25, 0.3) is 5.91 Å². The summed E-state index contributed by atoms with van der Waals surface area (Å²) in [6.07, 6.45) is 6.56. The van der Waals surface area contributed by atoms with Gasteiger partial charge in [0.2, 0.25) is 0 Å². The number of nitrogens with zero attached hydrogens (tertiary/aromatic N) is 4. The van der Waals surface area contributed by atoms with E-state index in [4.69, 9.17) is 0 Å². The van der Waals surface area contributed by atoms with E-state index >= 15 is 0 Å². The van der Waals surface area contributed by atoms with Gasteiger partial charge in [-0.3, -0.25) is 9.78 Å². The monoisotopic (exact) mass is 383 g/mol. The number of rotatable bonds is 3. The molecule has 0 bridgehead atoms. The normalized spacial score (nSPS) is 17.0. The quantitative estimate of drug-likeness (QED) is 0.752. The van der Waals surface area contributed by atoms with Crippen molar-refractivity contribution in [1.82, 2.24) is 24.8 Å². The fourth-order valence-electron chi connectivity index (χ4n) is 3.61. The Morgan fingerprint density at radius 1 is 1.14 bits per heavy atom. The molecule has 0 saturated carbocycles. The minimum atomic E-state index is -0.763. The lowest BCUT2D eigenvalue weighted by molar-refractivity contribution is 0.0705. The van der Waals surface area contributed by atoms with Crippen LogP contribution < -0.4 is 0 Å². The van der Waals surface area contributed by atoms with Gasteiger partial charge in [0, 0.05) is 54.9 Å². The first-order valence-electron chi connectivity index (χ1n) is 9.09. The highest BCUT2D eigenvalue weighted by Crippen LogP contribution is 2.31. The molecule has 1 atom stereocenters. The first-order chi connectivity index (χ1) is 13.5. The zero-order valence-corrected chi connectivity index (χ0v) is 15.3. The molecule has 0 aliphatic carbocycles. The Hall–Kier alpha value is -3.16. The van der Waals surface area contributed by atoms with Crippen molar-refractivity contribution in [2.75, 3.05) is 13.1 Å². The maximum atomic E-state index is 13.5. The van der Waals surface area contributed by atoms with Crippen molar-refractivity contribution in [3.05, 3.63) is 65.4 Å². The maximum Gasteiger partial charge on any atom is 0.254 e. The molecule has 3 heterocycles. The Morgan fingerprint density at radius 2 is 1.89 bits per heavy atom. The van der Waals surface area contributed by atoms with Gasteiger partial charge in [-0.15, -0.1) is 0 Å². The third kappa shape index (κ3) is 3.62. The zero-order valence-electron chi connectivity index (χ0n) is 15.3. The van der Waals surface area contributed by atoms with Crippen molar-refractivity contribution in [1.29, 1.82) is 0 Å². The highest BCUT2D eigenvalue weighted by atomic mass is 19.1. The van der Waals surface area contributed by atoms with Crippen molar-refractivity contribution in [3.8, 4) is 11.5 Å². The van der Waals surface area contributed by atoms with Crippen LogP contribution in [-0.2, 0) is 0 Å². The fourth-order valence-corrected chi connectivity index (χ4v) is 3.61. The first-order valence-corrected chi connectivity index (χ1v) is 9.09. The number of likely N-dealkylation sites (tertiary alicyclic amines) is 1. The Kier molecular flexibility index (Phi) is 4.85. The Balaban J connectivity index is 1.60. The van der Waals surface area contributed by atoms with Crippen LogP contribution >= 0.6 is 0 Å². The third-order valence-electron chi connectivity index (χ3n) is 4.86. The van der Waals surface area contributed by atoms with Gasteiger partial charge in [0.05, 0.1) is 5.69 Å². The molecule has 3 aromatic rings. The third-order valence-corrected chi connectivity index (χ3v) is 4.86. The average Bonchev–Trinajstić information content (AvgIpc) is 3.13. The van der Waals surface area contributed by atoms with Crippen LogP contribution in [0.1, 0.15) is 40.5 Å². The van der Waals surface area contributed by atoms with Crippen LogP contribution in [0.25, 0.3) is 11.5 Å². The molecule has 144 valence electrons. The fraction of sp³-hybridized carbons (Fsp3) is 0.300. The van der Waals surface area contributed by atoms with Gasteiger partial charge in [-0.25, -0.2) is 18.7 Å². The summed E-state index contributed by atoms with van der Waals surface area (Å²) in [5.41, 5.74) is 2.35. The minimum Gasteiger partial charge on any atom is -0.341 e. The zero-order chi connectivity index (χ0) is 19.7. The number of aromatic amines is 1. The molecule has 1 fully saturated rings. The lowest BCUT2D eigenvalue weighted by Crippen LogP contribution is -2.39. The van der Waals surface area contributed by atoms with Crippen LogP contribution in [0.5, 0.6) is 0 Å². The molecule has 1 aliphatic rings. The number of imidazole rings is 1. The lowest BCUT2D eigenvalue weighted by atomic mass is 9.92. The molecule has 2 aromatic heterocycles. The maximum absolute atomic E-state index is 13.5. The Bertz CT molecular complexity index is 999. The highest BCUT2D eigenvalue weighted by Gasteiger charge is 2.29. The second-order valence-electron chi connectivity index (χ2n) is 6.95. The van der Waals surface area contributed by atoms with E-state index in [1.54, 1.807) is 23.5 Å². The molecule has 0 radical (unpaired) electrons. The molecule has 1 aromatic carbocycles. The molecule has 28 heavy (non-hydrogen) atoms. The predicted molar refractivity (Wildman–Crippen MR) is 98.6 cm³/mol. The van der Waals surface area contributed by atoms with Crippen LogP contribution in [-0.4, -0.2) is 43.8 Å². The van der Waals surface area contributed by atoms with E-state index in [-0.39, 0.29) is 17.4 Å². The van der Waals surface area contributed by atoms with Crippen LogP contribution in [0.4, 0.5) is 8.78 Å². The number of hydrogen-bond donors (Lipinski definition) is 1. The number of benzene rings is 1. The summed E-state index contributed by atoms with van der Waals surface area (Å²) in [6.45, 7) is 2.84. The summed E-state index contributed by atoms with van der Waals surface area (Å²) in [7, 11) is 0. The first kappa shape index (κ1) is 18.2. The SMILES string of the molecule is Cc1cnc(-c2nccnc2[C@H]2CCCN(C(=O)c3cc(F)cc(F)c3)C2)[nH]1. The summed E-state index contributed by atoms with van der Waals surface area (Å²) < 4.78 is 27.0. The number of aromatic nitrogens is 4. The summed E-state index contributed by atoms with van der Waals surface area (Å²) in [5, 5.41) is 0. The van der Waals surface area contributed by atoms with Crippen molar-refractivity contribution in [3.63, 3.8) is 0 Å². The number of halogens is 2. The predicted octanol–water partition coefficient (Wildman–Crippen LogP) is 3.47. The number of aryl methyl sites for hydroxylation is 1. The van der Waals surface area contributed by atoms with Crippen molar-refractivity contribution in [2.24, 2.45) is 0 Å². The molecule has 0 spiro atoms. The standard InChI is InChI=1S/C20H19F2N5O/c1-12-10-25-19(26-12)18-17(23-4-5-24-18)13-3-2-6-27(11-13)20(28)14-7-15(21)9-16(22)8-14/h4-5,7-10,13H,2-3,6,11H2,1H3,(H,25,26)/t13-/m0/s1. The van der Waals surface area contributed by atoms with Crippen LogP contribution in [0.2, 0.25) is 0 Å². The topological polar surface area (TPSA) is 74.8 Å². The molecular formula is C20H19F2N5O. The molecule has 1 amide bonds. The molecule has 1 N–H and O–H groups in total. The summed E-state index contributed by atoms with van der Waals surface area (Å²) in [5.74, 6) is -1.31. The van der Waals surface area contributed by atoms with Gasteiger partial charge in [0.15, 0.2) is 5.82 Å². The summed E-state index contributed by atoms with van der Waals surface area (Å²) in [4.78, 5) is 30.8. The van der Waals surface area contributed by atoms with Gasteiger partial charge < -0.3 is 9.88 Å². The second kappa shape index (κ2) is 7.46. The number of carbonyl (C=O) groups is 1. The van der Waals surface area contributed by atoms with E-state index in [1.165, 1.54) is 0 Å². The number of nitrogens with one attached hydrogen (secondary N) is 1. The van der Waals surface area contributed by atoms with Crippen LogP contribution in [0.3, 0.4) is 0 Å². The smallest absolute Gasteiger partial charge is 0.254 e. The highest BCUT2D eigenvalue weighted by molar-refractivity contribution is 5.94. The van der Waals surface area contributed by atoms with E-state index < -0.39 is 11.6 Å². The molecule has 0 unspecified atom stereocenters. The van der Waals surface area contributed by atoms with Crippen molar-refractivity contribution < 1.29 is 13.6 Å². The molecular weight excluding hydrogens is 364 g/mol. The minimum absolute atomic E-state index is 0.0131. The van der Waals surface area contributed by atoms with E-state index in [0.29, 0.717) is 24.6 Å². The van der Waals surface area contributed by atoms with Gasteiger partial charge >= 0.3 is 0 Å². The van der Waals surface area contributed by atoms with Gasteiger partial charge in [0.1, 0.15) is 17.3 Å². The molecule has 6 nitrogen and oxygen atoms in total. The Labute approximate surface area is 160 Å². The molecule has 1 aliphatic heterocycles. The van der Waals surface area contributed by atoms with E-state index in [1.807, 2.05) is 6.92 Å². The summed E-state index contributed by atoms with van der Waals surface area (Å²) >= 11 is 0. The van der Waals surface area contributed by atoms with Crippen LogP contribution in [0.15, 0.2) is 36.8 Å². The number of H-pyrrole nitrogens is 1. The molecule has 4 rings (SSSR count). The number of hydrogen-bond acceptors (Lipinski definition) is 4. The van der Waals surface area contributed by atoms with Crippen molar-refractivity contribution >= 4 is 5.91 Å². The van der Waals surface area contributed by atoms with Gasteiger partial charge in [-0.2, -0.15) is 0 Å². The summed E-state index contributed by atoms with van der Waals surface area (Å²) in [6, 6.07) is 2.88. The molecule has 1 saturated heterocycles.